The summed E-state index contributed by atoms with van der Waals surface area (Å²) in [5.74, 6) is 0. The van der Waals surface area contributed by atoms with Crippen LogP contribution < -0.4 is 0 Å². The van der Waals surface area contributed by atoms with Crippen molar-refractivity contribution in [3.05, 3.63) is 41.0 Å². The third kappa shape index (κ3) is 10.8. The number of hydrogen-bond donors (Lipinski definition) is 0. The van der Waals surface area contributed by atoms with E-state index in [1.165, 1.54) is 22.3 Å². The average Bonchev–Trinajstić information content (AvgIpc) is 2.57. The van der Waals surface area contributed by atoms with Gasteiger partial charge in [0, 0.05) is 0 Å². The summed E-state index contributed by atoms with van der Waals surface area (Å²) in [6, 6.07) is 4.38. The molecular weight excluding hydrogens is 240 g/mol. The molecular formula is C20H40. The van der Waals surface area contributed by atoms with Crippen LogP contribution >= 0.6 is 0 Å². The van der Waals surface area contributed by atoms with E-state index in [1.54, 1.807) is 0 Å². The van der Waals surface area contributed by atoms with Crippen LogP contribution in [0.4, 0.5) is 0 Å². The highest BCUT2D eigenvalue weighted by Crippen LogP contribution is 2.19. The van der Waals surface area contributed by atoms with Gasteiger partial charge < -0.3 is 0 Å². The molecule has 0 atom stereocenters. The summed E-state index contributed by atoms with van der Waals surface area (Å²) >= 11 is 0. The van der Waals surface area contributed by atoms with E-state index >= 15 is 0 Å². The molecule has 0 bridgehead atoms. The quantitative estimate of drug-likeness (QED) is 0.523. The Balaban J connectivity index is -0.000000138. The van der Waals surface area contributed by atoms with Crippen LogP contribution in [0.15, 0.2) is 18.7 Å². The summed E-state index contributed by atoms with van der Waals surface area (Å²) < 4.78 is 0. The zero-order valence-corrected chi connectivity index (χ0v) is 16.1. The van der Waals surface area contributed by atoms with Gasteiger partial charge in [-0.15, -0.1) is 0 Å². The Morgan fingerprint density at radius 1 is 0.850 bits per heavy atom. The van der Waals surface area contributed by atoms with Gasteiger partial charge >= 0.3 is 0 Å². The fourth-order valence-electron chi connectivity index (χ4n) is 1.49. The van der Waals surface area contributed by atoms with Crippen molar-refractivity contribution in [3.8, 4) is 0 Å². The maximum Gasteiger partial charge on any atom is -0.0199 e. The highest BCUT2D eigenvalue weighted by Gasteiger charge is 2.02. The summed E-state index contributed by atoms with van der Waals surface area (Å²) in [5, 5.41) is 0. The topological polar surface area (TPSA) is 0 Å². The van der Waals surface area contributed by atoms with Crippen molar-refractivity contribution in [2.75, 3.05) is 0 Å². The summed E-state index contributed by atoms with van der Waals surface area (Å²) in [5.41, 5.74) is 5.43. The fourth-order valence-corrected chi connectivity index (χ4v) is 1.49. The zero-order valence-electron chi connectivity index (χ0n) is 16.1. The first-order valence-electron chi connectivity index (χ1n) is 8.42. The molecule has 0 heterocycles. The monoisotopic (exact) mass is 280 g/mol. The van der Waals surface area contributed by atoms with E-state index in [1.807, 2.05) is 61.5 Å². The van der Waals surface area contributed by atoms with Crippen molar-refractivity contribution in [1.82, 2.24) is 0 Å². The second-order valence-electron chi connectivity index (χ2n) is 3.14. The lowest BCUT2D eigenvalue weighted by atomic mass is 9.96. The van der Waals surface area contributed by atoms with Crippen LogP contribution in [0.1, 0.15) is 84.6 Å². The molecule has 0 saturated carbocycles. The molecule has 0 nitrogen and oxygen atoms in total. The lowest BCUT2D eigenvalue weighted by molar-refractivity contribution is 1.11. The molecule has 0 aliphatic rings. The van der Waals surface area contributed by atoms with Crippen LogP contribution in [0, 0.1) is 13.8 Å². The molecule has 1 rings (SSSR count). The van der Waals surface area contributed by atoms with E-state index in [0.29, 0.717) is 0 Å². The molecule has 0 aromatic heterocycles. The summed E-state index contributed by atoms with van der Waals surface area (Å²) in [7, 11) is 0. The number of hydrogen-bond acceptors (Lipinski definition) is 0. The fraction of sp³-hybridized carbons (Fsp3) is 0.600. The number of aryl methyl sites for hydroxylation is 2. The van der Waals surface area contributed by atoms with Crippen molar-refractivity contribution in [2.24, 2.45) is 0 Å². The van der Waals surface area contributed by atoms with Crippen LogP contribution in [-0.2, 0) is 6.42 Å². The third-order valence-corrected chi connectivity index (χ3v) is 2.46. The Kier molecular flexibility index (Phi) is 31.5. The first kappa shape index (κ1) is 27.3. The van der Waals surface area contributed by atoms with Gasteiger partial charge in [-0.25, -0.2) is 0 Å². The van der Waals surface area contributed by atoms with Gasteiger partial charge in [-0.1, -0.05) is 87.1 Å². The maximum absolute atomic E-state index is 3.84. The molecule has 0 spiro atoms. The van der Waals surface area contributed by atoms with Gasteiger partial charge in [0.1, 0.15) is 0 Å². The Bertz CT molecular complexity index is 295. The first-order valence-corrected chi connectivity index (χ1v) is 8.42. The highest BCUT2D eigenvalue weighted by atomic mass is 14.1. The number of rotatable bonds is 2. The molecule has 1 aromatic rings. The predicted octanol–water partition coefficient (Wildman–Crippen LogP) is 7.61. The van der Waals surface area contributed by atoms with E-state index in [-0.39, 0.29) is 0 Å². The van der Waals surface area contributed by atoms with Crippen LogP contribution in [-0.4, -0.2) is 0 Å². The molecule has 0 amide bonds. The Morgan fingerprint density at radius 2 is 1.25 bits per heavy atom. The van der Waals surface area contributed by atoms with Gasteiger partial charge in [0.25, 0.3) is 0 Å². The van der Waals surface area contributed by atoms with Crippen LogP contribution in [0.25, 0.3) is 6.08 Å². The summed E-state index contributed by atoms with van der Waals surface area (Å²) in [6.07, 6.45) is 3.05. The maximum atomic E-state index is 3.84. The standard InChI is InChI=1S/C12H16.4C2H6/c1-5-11-8-7-9(3)10(4)12(11)6-2;4*1-2/h6-8H,2,5H2,1,3-4H3;4*1-2H3. The SMILES string of the molecule is C=Cc1c(CC)ccc(C)c1C.CC.CC.CC.CC. The van der Waals surface area contributed by atoms with Crippen molar-refractivity contribution < 1.29 is 0 Å². The molecule has 120 valence electrons. The molecule has 0 unspecified atom stereocenters. The minimum atomic E-state index is 1.09. The molecule has 0 N–H and O–H groups in total. The van der Waals surface area contributed by atoms with E-state index in [2.05, 4.69) is 39.5 Å². The minimum Gasteiger partial charge on any atom is -0.0984 e. The van der Waals surface area contributed by atoms with E-state index in [9.17, 15) is 0 Å². The van der Waals surface area contributed by atoms with Gasteiger partial charge in [-0.05, 0) is 42.5 Å². The molecule has 0 aliphatic carbocycles. The second-order valence-corrected chi connectivity index (χ2v) is 3.14. The van der Waals surface area contributed by atoms with E-state index in [4.69, 9.17) is 0 Å². The van der Waals surface area contributed by atoms with E-state index in [0.717, 1.165) is 6.42 Å². The van der Waals surface area contributed by atoms with Crippen molar-refractivity contribution >= 4 is 6.08 Å². The molecule has 1 aromatic carbocycles. The number of benzene rings is 1. The average molecular weight is 281 g/mol. The molecule has 0 radical (unpaired) electrons. The van der Waals surface area contributed by atoms with Gasteiger partial charge in [-0.2, -0.15) is 0 Å². The molecule has 0 heteroatoms. The molecule has 0 fully saturated rings. The van der Waals surface area contributed by atoms with Crippen LogP contribution in [0.2, 0.25) is 0 Å². The van der Waals surface area contributed by atoms with Crippen molar-refractivity contribution in [2.45, 2.75) is 82.6 Å². The molecule has 0 saturated heterocycles. The first-order chi connectivity index (χ1) is 9.70. The summed E-state index contributed by atoms with van der Waals surface area (Å²) in [4.78, 5) is 0. The van der Waals surface area contributed by atoms with Gasteiger partial charge in [-0.3, -0.25) is 0 Å². The van der Waals surface area contributed by atoms with Crippen molar-refractivity contribution in [3.63, 3.8) is 0 Å². The van der Waals surface area contributed by atoms with Gasteiger partial charge in [0.2, 0.25) is 0 Å². The predicted molar refractivity (Wildman–Crippen MR) is 101 cm³/mol. The highest BCUT2D eigenvalue weighted by molar-refractivity contribution is 5.58. The lowest BCUT2D eigenvalue weighted by Crippen LogP contribution is -1.92. The van der Waals surface area contributed by atoms with Crippen molar-refractivity contribution in [1.29, 1.82) is 0 Å². The normalized spacial score (nSPS) is 7.15. The lowest BCUT2D eigenvalue weighted by Gasteiger charge is -2.09. The minimum absolute atomic E-state index is 1.09. The van der Waals surface area contributed by atoms with E-state index < -0.39 is 0 Å². The Labute approximate surface area is 130 Å². The van der Waals surface area contributed by atoms with Gasteiger partial charge in [0.05, 0.1) is 0 Å². The Morgan fingerprint density at radius 3 is 1.55 bits per heavy atom. The largest absolute Gasteiger partial charge is 0.0984 e. The smallest absolute Gasteiger partial charge is 0.0199 e. The summed E-state index contributed by atoms with van der Waals surface area (Å²) in [6.45, 7) is 26.3. The second kappa shape index (κ2) is 23.1. The van der Waals surface area contributed by atoms with Gasteiger partial charge in [0.15, 0.2) is 0 Å². The molecule has 20 heavy (non-hydrogen) atoms. The Hall–Kier alpha value is -1.04. The third-order valence-electron chi connectivity index (χ3n) is 2.46. The molecule has 0 aliphatic heterocycles. The van der Waals surface area contributed by atoms with Crippen LogP contribution in [0.3, 0.4) is 0 Å². The zero-order chi connectivity index (χ0) is 17.1. The van der Waals surface area contributed by atoms with Crippen LogP contribution in [0.5, 0.6) is 0 Å².